The van der Waals surface area contributed by atoms with Crippen LogP contribution in [-0.2, 0) is 28.8 Å². The fourth-order valence-electron chi connectivity index (χ4n) is 1.77. The zero-order valence-corrected chi connectivity index (χ0v) is 14.4. The molecule has 0 fully saturated rings. The number of amides is 4. The zero-order chi connectivity index (χ0) is 21.0. The lowest BCUT2D eigenvalue weighted by Gasteiger charge is -2.20. The van der Waals surface area contributed by atoms with E-state index in [9.17, 15) is 28.8 Å². The first-order valence-corrected chi connectivity index (χ1v) is 7.85. The van der Waals surface area contributed by atoms with Crippen molar-refractivity contribution in [3.8, 4) is 0 Å². The second-order valence-electron chi connectivity index (χ2n) is 5.49. The van der Waals surface area contributed by atoms with E-state index in [1.54, 1.807) is 0 Å². The minimum Gasteiger partial charge on any atom is -0.481 e. The van der Waals surface area contributed by atoms with Crippen molar-refractivity contribution in [3.63, 3.8) is 0 Å². The molecule has 0 spiro atoms. The van der Waals surface area contributed by atoms with Gasteiger partial charge >= 0.3 is 11.9 Å². The molecule has 27 heavy (non-hydrogen) atoms. The summed E-state index contributed by atoms with van der Waals surface area (Å²) in [5.41, 5.74) is 10.6. The Morgan fingerprint density at radius 1 is 0.815 bits per heavy atom. The Bertz CT molecular complexity index is 594. The standard InChI is InChI=1S/C14H23N5O8/c15-7(1-4-11(22)23)13(26)19-8(2-3-9(16)20)14(27)18-5-10(21)17-6-12(24)25/h7-8H,1-6,15H2,(H2,16,20)(H,17,21)(H,18,27)(H,19,26)(H,22,23)(H,24,25). The first kappa shape index (κ1) is 23.8. The fourth-order valence-corrected chi connectivity index (χ4v) is 1.77. The lowest BCUT2D eigenvalue weighted by molar-refractivity contribution is -0.138. The molecule has 152 valence electrons. The van der Waals surface area contributed by atoms with E-state index >= 15 is 0 Å². The Labute approximate surface area is 153 Å². The van der Waals surface area contributed by atoms with Gasteiger partial charge in [0.15, 0.2) is 0 Å². The highest BCUT2D eigenvalue weighted by atomic mass is 16.4. The zero-order valence-electron chi connectivity index (χ0n) is 14.4. The number of rotatable bonds is 13. The number of nitrogens with two attached hydrogens (primary N) is 2. The van der Waals surface area contributed by atoms with Gasteiger partial charge < -0.3 is 37.6 Å². The van der Waals surface area contributed by atoms with Crippen LogP contribution in [0, 0.1) is 0 Å². The van der Waals surface area contributed by atoms with Crippen LogP contribution in [0.3, 0.4) is 0 Å². The van der Waals surface area contributed by atoms with Crippen LogP contribution >= 0.6 is 0 Å². The third kappa shape index (κ3) is 11.9. The van der Waals surface area contributed by atoms with Gasteiger partial charge in [0.25, 0.3) is 0 Å². The molecule has 0 aliphatic rings. The molecule has 0 saturated carbocycles. The largest absolute Gasteiger partial charge is 0.481 e. The summed E-state index contributed by atoms with van der Waals surface area (Å²) in [4.78, 5) is 67.2. The SMILES string of the molecule is NC(=O)CCC(NC(=O)C(N)CCC(=O)O)C(=O)NCC(=O)NCC(=O)O. The summed E-state index contributed by atoms with van der Waals surface area (Å²) in [6, 6.07) is -2.43. The Morgan fingerprint density at radius 2 is 1.44 bits per heavy atom. The molecule has 0 aromatic carbocycles. The van der Waals surface area contributed by atoms with Crippen LogP contribution in [0.5, 0.6) is 0 Å². The summed E-state index contributed by atoms with van der Waals surface area (Å²) >= 11 is 0. The van der Waals surface area contributed by atoms with Gasteiger partial charge in [-0.1, -0.05) is 0 Å². The number of hydrogen-bond donors (Lipinski definition) is 7. The topological polar surface area (TPSA) is 231 Å². The quantitative estimate of drug-likeness (QED) is 0.164. The van der Waals surface area contributed by atoms with Crippen LogP contribution in [-0.4, -0.2) is 71.0 Å². The van der Waals surface area contributed by atoms with E-state index in [0.717, 1.165) is 0 Å². The molecule has 0 heterocycles. The number of carbonyl (C=O) groups is 6. The van der Waals surface area contributed by atoms with Gasteiger partial charge in [-0.25, -0.2) is 0 Å². The van der Waals surface area contributed by atoms with Gasteiger partial charge in [-0.05, 0) is 12.8 Å². The molecule has 0 aromatic heterocycles. The second kappa shape index (κ2) is 12.2. The van der Waals surface area contributed by atoms with Gasteiger partial charge in [-0.3, -0.25) is 28.8 Å². The summed E-state index contributed by atoms with van der Waals surface area (Å²) < 4.78 is 0. The minimum atomic E-state index is -1.27. The summed E-state index contributed by atoms with van der Waals surface area (Å²) in [5, 5.41) is 23.5. The van der Waals surface area contributed by atoms with Crippen molar-refractivity contribution in [2.24, 2.45) is 11.5 Å². The number of primary amides is 1. The normalized spacial score (nSPS) is 12.3. The van der Waals surface area contributed by atoms with Crippen LogP contribution in [0.2, 0.25) is 0 Å². The molecule has 9 N–H and O–H groups in total. The van der Waals surface area contributed by atoms with Crippen molar-refractivity contribution in [3.05, 3.63) is 0 Å². The second-order valence-corrected chi connectivity index (χ2v) is 5.49. The Kier molecular flexibility index (Phi) is 10.7. The number of nitrogens with one attached hydrogen (secondary N) is 3. The highest BCUT2D eigenvalue weighted by Gasteiger charge is 2.24. The molecule has 0 aliphatic heterocycles. The van der Waals surface area contributed by atoms with Crippen molar-refractivity contribution in [1.29, 1.82) is 0 Å². The summed E-state index contributed by atoms with van der Waals surface area (Å²) in [6.07, 6.45) is -0.928. The van der Waals surface area contributed by atoms with Crippen LogP contribution in [0.1, 0.15) is 25.7 Å². The highest BCUT2D eigenvalue weighted by Crippen LogP contribution is 2.01. The van der Waals surface area contributed by atoms with Gasteiger partial charge in [0.05, 0.1) is 12.6 Å². The first-order valence-electron chi connectivity index (χ1n) is 7.85. The van der Waals surface area contributed by atoms with E-state index in [1.165, 1.54) is 0 Å². The van der Waals surface area contributed by atoms with Crippen LogP contribution < -0.4 is 27.4 Å². The average molecular weight is 389 g/mol. The molecule has 0 aromatic rings. The van der Waals surface area contributed by atoms with E-state index in [-0.39, 0.29) is 25.7 Å². The summed E-state index contributed by atoms with van der Waals surface area (Å²) in [5.74, 6) is -5.54. The Morgan fingerprint density at radius 3 is 1.96 bits per heavy atom. The first-order chi connectivity index (χ1) is 12.5. The van der Waals surface area contributed by atoms with Crippen molar-refractivity contribution in [2.75, 3.05) is 13.1 Å². The minimum absolute atomic E-state index is 0.164. The maximum atomic E-state index is 12.1. The molecule has 13 heteroatoms. The maximum Gasteiger partial charge on any atom is 0.322 e. The molecule has 0 aliphatic carbocycles. The molecule has 2 atom stereocenters. The van der Waals surface area contributed by atoms with E-state index in [2.05, 4.69) is 10.6 Å². The molecule has 0 bridgehead atoms. The Balaban J connectivity index is 4.72. The number of aliphatic carboxylic acids is 2. The van der Waals surface area contributed by atoms with Crippen molar-refractivity contribution in [1.82, 2.24) is 16.0 Å². The number of carboxylic acids is 2. The molecular weight excluding hydrogens is 366 g/mol. The molecular formula is C14H23N5O8. The lowest BCUT2D eigenvalue weighted by Crippen LogP contribution is -2.53. The van der Waals surface area contributed by atoms with E-state index in [4.69, 9.17) is 21.7 Å². The third-order valence-electron chi connectivity index (χ3n) is 3.18. The molecule has 0 radical (unpaired) electrons. The van der Waals surface area contributed by atoms with Gasteiger partial charge in [-0.15, -0.1) is 0 Å². The molecule has 0 rings (SSSR count). The highest BCUT2D eigenvalue weighted by molar-refractivity contribution is 5.92. The van der Waals surface area contributed by atoms with Gasteiger partial charge in [0.1, 0.15) is 12.6 Å². The predicted octanol–water partition coefficient (Wildman–Crippen LogP) is -3.75. The summed E-state index contributed by atoms with van der Waals surface area (Å²) in [6.45, 7) is -1.19. The molecule has 4 amide bonds. The monoisotopic (exact) mass is 389 g/mol. The summed E-state index contributed by atoms with van der Waals surface area (Å²) in [7, 11) is 0. The van der Waals surface area contributed by atoms with Gasteiger partial charge in [-0.2, -0.15) is 0 Å². The molecule has 2 unspecified atom stereocenters. The van der Waals surface area contributed by atoms with Crippen molar-refractivity contribution < 1.29 is 39.0 Å². The van der Waals surface area contributed by atoms with E-state index in [1.807, 2.05) is 5.32 Å². The van der Waals surface area contributed by atoms with Gasteiger partial charge in [0.2, 0.25) is 23.6 Å². The maximum absolute atomic E-state index is 12.1. The van der Waals surface area contributed by atoms with Crippen LogP contribution in [0.15, 0.2) is 0 Å². The lowest BCUT2D eigenvalue weighted by atomic mass is 10.1. The van der Waals surface area contributed by atoms with E-state index in [0.29, 0.717) is 0 Å². The van der Waals surface area contributed by atoms with Crippen molar-refractivity contribution >= 4 is 35.6 Å². The average Bonchev–Trinajstić information content (AvgIpc) is 2.58. The van der Waals surface area contributed by atoms with Crippen molar-refractivity contribution in [2.45, 2.75) is 37.8 Å². The smallest absolute Gasteiger partial charge is 0.322 e. The van der Waals surface area contributed by atoms with Gasteiger partial charge in [0, 0.05) is 12.8 Å². The number of carbonyl (C=O) groups excluding carboxylic acids is 4. The third-order valence-corrected chi connectivity index (χ3v) is 3.18. The van der Waals surface area contributed by atoms with Crippen LogP contribution in [0.25, 0.3) is 0 Å². The predicted molar refractivity (Wildman–Crippen MR) is 88.9 cm³/mol. The number of carboxylic acid groups (broad SMARTS) is 2. The molecule has 13 nitrogen and oxygen atoms in total. The van der Waals surface area contributed by atoms with E-state index < -0.39 is 60.7 Å². The molecule has 0 saturated heterocycles. The number of hydrogen-bond acceptors (Lipinski definition) is 7. The fraction of sp³-hybridized carbons (Fsp3) is 0.571. The Hall–Kier alpha value is -3.22. The van der Waals surface area contributed by atoms with Crippen LogP contribution in [0.4, 0.5) is 0 Å².